The van der Waals surface area contributed by atoms with Crippen LogP contribution >= 0.6 is 0 Å². The maximum atomic E-state index is 12.3. The molecule has 1 aliphatic heterocycles. The van der Waals surface area contributed by atoms with E-state index in [4.69, 9.17) is 5.73 Å². The molecule has 1 fully saturated rings. The average molecular weight is 236 g/mol. The average Bonchev–Trinajstić information content (AvgIpc) is 2.71. The maximum Gasteiger partial charge on any atom is 0.272 e. The van der Waals surface area contributed by atoms with E-state index in [0.29, 0.717) is 5.69 Å². The minimum Gasteiger partial charge on any atom is -0.337 e. The van der Waals surface area contributed by atoms with Crippen molar-refractivity contribution in [3.05, 3.63) is 17.5 Å². The van der Waals surface area contributed by atoms with Crippen molar-refractivity contribution >= 4 is 5.91 Å². The normalized spacial score (nSPS) is 17.5. The molecular formula is C12H20N4O. The molecule has 5 heteroatoms. The number of carbonyl (C=O) groups is 1. The molecule has 1 aromatic heterocycles. The Kier molecular flexibility index (Phi) is 3.47. The van der Waals surface area contributed by atoms with Gasteiger partial charge in [-0.2, -0.15) is 5.10 Å². The zero-order valence-corrected chi connectivity index (χ0v) is 10.5. The summed E-state index contributed by atoms with van der Waals surface area (Å²) in [6, 6.07) is 2.13. The van der Waals surface area contributed by atoms with Crippen LogP contribution in [-0.4, -0.2) is 39.7 Å². The van der Waals surface area contributed by atoms with Gasteiger partial charge in [-0.05, 0) is 25.3 Å². The zero-order chi connectivity index (χ0) is 12.4. The van der Waals surface area contributed by atoms with Crippen LogP contribution in [0.2, 0.25) is 0 Å². The molecule has 0 spiro atoms. The van der Waals surface area contributed by atoms with E-state index < -0.39 is 0 Å². The van der Waals surface area contributed by atoms with Gasteiger partial charge in [0.15, 0.2) is 0 Å². The third-order valence-corrected chi connectivity index (χ3v) is 3.34. The summed E-state index contributed by atoms with van der Waals surface area (Å²) in [5, 5.41) is 4.30. The molecule has 1 saturated heterocycles. The monoisotopic (exact) mass is 236 g/mol. The van der Waals surface area contributed by atoms with Gasteiger partial charge in [-0.25, -0.2) is 0 Å². The van der Waals surface area contributed by atoms with Crippen LogP contribution in [0.5, 0.6) is 0 Å². The second-order valence-electron chi connectivity index (χ2n) is 4.63. The summed E-state index contributed by atoms with van der Waals surface area (Å²) < 4.78 is 1.68. The van der Waals surface area contributed by atoms with Gasteiger partial charge >= 0.3 is 0 Å². The van der Waals surface area contributed by atoms with Crippen molar-refractivity contribution in [3.8, 4) is 0 Å². The van der Waals surface area contributed by atoms with Gasteiger partial charge in [-0.15, -0.1) is 0 Å². The molecule has 0 aromatic carbocycles. The molecule has 0 aliphatic carbocycles. The Hall–Kier alpha value is -1.36. The van der Waals surface area contributed by atoms with E-state index in [1.807, 2.05) is 24.9 Å². The number of aromatic nitrogens is 2. The Morgan fingerprint density at radius 3 is 2.71 bits per heavy atom. The highest BCUT2D eigenvalue weighted by atomic mass is 16.2. The molecule has 17 heavy (non-hydrogen) atoms. The van der Waals surface area contributed by atoms with Gasteiger partial charge in [0, 0.05) is 26.2 Å². The number of hydrogen-bond acceptors (Lipinski definition) is 3. The van der Waals surface area contributed by atoms with Gasteiger partial charge in [0.25, 0.3) is 5.91 Å². The largest absolute Gasteiger partial charge is 0.337 e. The highest BCUT2D eigenvalue weighted by molar-refractivity contribution is 5.92. The fourth-order valence-corrected chi connectivity index (χ4v) is 2.16. The smallest absolute Gasteiger partial charge is 0.272 e. The number of hydrogen-bond donors (Lipinski definition) is 1. The number of nitrogens with two attached hydrogens (primary N) is 1. The van der Waals surface area contributed by atoms with Crippen LogP contribution in [-0.2, 0) is 13.5 Å². The third kappa shape index (κ3) is 2.49. The number of carbonyl (C=O) groups excluding carboxylic acids is 1. The lowest BCUT2D eigenvalue weighted by atomic mass is 10.1. The summed E-state index contributed by atoms with van der Waals surface area (Å²) in [5.41, 5.74) is 7.48. The summed E-state index contributed by atoms with van der Waals surface area (Å²) in [6.45, 7) is 3.55. The van der Waals surface area contributed by atoms with E-state index in [2.05, 4.69) is 5.10 Å². The van der Waals surface area contributed by atoms with Crippen molar-refractivity contribution in [3.63, 3.8) is 0 Å². The minimum atomic E-state index is 0.0756. The Bertz CT molecular complexity index is 405. The highest BCUT2D eigenvalue weighted by Crippen LogP contribution is 2.13. The van der Waals surface area contributed by atoms with E-state index in [0.717, 1.165) is 38.0 Å². The van der Waals surface area contributed by atoms with Gasteiger partial charge in [-0.3, -0.25) is 9.48 Å². The van der Waals surface area contributed by atoms with Gasteiger partial charge in [0.1, 0.15) is 5.69 Å². The first-order valence-electron chi connectivity index (χ1n) is 6.19. The summed E-state index contributed by atoms with van der Waals surface area (Å²) in [4.78, 5) is 14.2. The second kappa shape index (κ2) is 4.87. The van der Waals surface area contributed by atoms with Crippen molar-refractivity contribution in [1.82, 2.24) is 14.7 Å². The number of amides is 1. The van der Waals surface area contributed by atoms with Gasteiger partial charge in [0.05, 0.1) is 5.69 Å². The summed E-state index contributed by atoms with van der Waals surface area (Å²) in [6.07, 6.45) is 2.64. The molecule has 94 valence electrons. The van der Waals surface area contributed by atoms with E-state index in [9.17, 15) is 4.79 Å². The third-order valence-electron chi connectivity index (χ3n) is 3.34. The van der Waals surface area contributed by atoms with Crippen LogP contribution in [0.1, 0.15) is 35.9 Å². The maximum absolute atomic E-state index is 12.3. The lowest BCUT2D eigenvalue weighted by molar-refractivity contribution is 0.0703. The first kappa shape index (κ1) is 12.1. The molecular weight excluding hydrogens is 216 g/mol. The SMILES string of the molecule is CCc1cc(C(=O)N2CCC(N)CC2)n(C)n1. The van der Waals surface area contributed by atoms with E-state index in [-0.39, 0.29) is 11.9 Å². The van der Waals surface area contributed by atoms with Crippen molar-refractivity contribution < 1.29 is 4.79 Å². The molecule has 0 saturated carbocycles. The first-order chi connectivity index (χ1) is 8.11. The van der Waals surface area contributed by atoms with Crippen LogP contribution in [0.15, 0.2) is 6.07 Å². The standard InChI is InChI=1S/C12H20N4O/c1-3-10-8-11(15(2)14-10)12(17)16-6-4-9(13)5-7-16/h8-9H,3-7,13H2,1-2H3. The fourth-order valence-electron chi connectivity index (χ4n) is 2.16. The zero-order valence-electron chi connectivity index (χ0n) is 10.5. The summed E-state index contributed by atoms with van der Waals surface area (Å²) >= 11 is 0. The lowest BCUT2D eigenvalue weighted by Crippen LogP contribution is -2.43. The molecule has 0 radical (unpaired) electrons. The summed E-state index contributed by atoms with van der Waals surface area (Å²) in [5.74, 6) is 0.0756. The fraction of sp³-hybridized carbons (Fsp3) is 0.667. The van der Waals surface area contributed by atoms with Crippen molar-refractivity contribution in [1.29, 1.82) is 0 Å². The van der Waals surface area contributed by atoms with E-state index in [1.165, 1.54) is 0 Å². The highest BCUT2D eigenvalue weighted by Gasteiger charge is 2.23. The molecule has 0 atom stereocenters. The predicted molar refractivity (Wildman–Crippen MR) is 65.7 cm³/mol. The minimum absolute atomic E-state index is 0.0756. The number of likely N-dealkylation sites (tertiary alicyclic amines) is 1. The molecule has 2 rings (SSSR count). The van der Waals surface area contributed by atoms with Gasteiger partial charge in [0.2, 0.25) is 0 Å². The van der Waals surface area contributed by atoms with Crippen molar-refractivity contribution in [2.75, 3.05) is 13.1 Å². The first-order valence-corrected chi connectivity index (χ1v) is 6.19. The molecule has 0 unspecified atom stereocenters. The van der Waals surface area contributed by atoms with Crippen LogP contribution in [0.25, 0.3) is 0 Å². The Morgan fingerprint density at radius 1 is 1.53 bits per heavy atom. The predicted octanol–water partition coefficient (Wildman–Crippen LogP) is 0.546. The Morgan fingerprint density at radius 2 is 2.18 bits per heavy atom. The quantitative estimate of drug-likeness (QED) is 0.815. The van der Waals surface area contributed by atoms with Crippen molar-refractivity contribution in [2.45, 2.75) is 32.2 Å². The molecule has 1 amide bonds. The van der Waals surface area contributed by atoms with Gasteiger partial charge < -0.3 is 10.6 Å². The van der Waals surface area contributed by atoms with Crippen LogP contribution in [0.4, 0.5) is 0 Å². The van der Waals surface area contributed by atoms with Crippen LogP contribution < -0.4 is 5.73 Å². The molecule has 1 aromatic rings. The van der Waals surface area contributed by atoms with Crippen LogP contribution in [0, 0.1) is 0 Å². The van der Waals surface area contributed by atoms with Crippen molar-refractivity contribution in [2.24, 2.45) is 12.8 Å². The topological polar surface area (TPSA) is 64.2 Å². The molecule has 0 bridgehead atoms. The molecule has 5 nitrogen and oxygen atoms in total. The van der Waals surface area contributed by atoms with Crippen LogP contribution in [0.3, 0.4) is 0 Å². The number of rotatable bonds is 2. The second-order valence-corrected chi connectivity index (χ2v) is 4.63. The number of aryl methyl sites for hydroxylation is 2. The number of nitrogens with zero attached hydrogens (tertiary/aromatic N) is 3. The number of piperidine rings is 1. The van der Waals surface area contributed by atoms with E-state index >= 15 is 0 Å². The lowest BCUT2D eigenvalue weighted by Gasteiger charge is -2.30. The van der Waals surface area contributed by atoms with Gasteiger partial charge in [-0.1, -0.05) is 6.92 Å². The molecule has 1 aliphatic rings. The Balaban J connectivity index is 2.11. The summed E-state index contributed by atoms with van der Waals surface area (Å²) in [7, 11) is 1.82. The Labute approximate surface area is 102 Å². The molecule has 2 N–H and O–H groups in total. The molecule has 2 heterocycles. The van der Waals surface area contributed by atoms with E-state index in [1.54, 1.807) is 4.68 Å².